The number of rotatable bonds is 12. The highest BCUT2D eigenvalue weighted by atomic mass is 19.4. The van der Waals surface area contributed by atoms with Crippen LogP contribution >= 0.6 is 0 Å². The highest BCUT2D eigenvalue weighted by molar-refractivity contribution is 5.53. The summed E-state index contributed by atoms with van der Waals surface area (Å²) in [4.78, 5) is 8.66. The fourth-order valence-electron chi connectivity index (χ4n) is 7.25. The molecule has 4 bridgehead atoms. The number of nitrogens with zero attached hydrogens (tertiary/aromatic N) is 3. The van der Waals surface area contributed by atoms with E-state index in [1.165, 1.54) is 37.2 Å². The van der Waals surface area contributed by atoms with Crippen molar-refractivity contribution in [1.82, 2.24) is 15.3 Å². The molecule has 0 spiro atoms. The first kappa shape index (κ1) is 28.4. The van der Waals surface area contributed by atoms with Crippen LogP contribution in [0.15, 0.2) is 30.5 Å². The van der Waals surface area contributed by atoms with E-state index in [0.717, 1.165) is 19.3 Å². The minimum atomic E-state index is -4.80. The van der Waals surface area contributed by atoms with Crippen molar-refractivity contribution in [3.05, 3.63) is 41.6 Å². The number of nitrogens with one attached hydrogen (secondary N) is 3. The van der Waals surface area contributed by atoms with Crippen molar-refractivity contribution in [1.29, 1.82) is 5.26 Å². The first-order chi connectivity index (χ1) is 19.2. The van der Waals surface area contributed by atoms with Gasteiger partial charge in [0.15, 0.2) is 0 Å². The third kappa shape index (κ3) is 6.59. The Labute approximate surface area is 231 Å². The number of hydrogen-bond acceptors (Lipinski definition) is 9. The number of anilines is 2. The van der Waals surface area contributed by atoms with Gasteiger partial charge < -0.3 is 30.9 Å². The first-order valence-electron chi connectivity index (χ1n) is 13.8. The smallest absolute Gasteiger partial charge is 0.405 e. The maximum Gasteiger partial charge on any atom is 0.573 e. The van der Waals surface area contributed by atoms with Gasteiger partial charge in [-0.25, -0.2) is 4.98 Å². The van der Waals surface area contributed by atoms with Gasteiger partial charge in [0, 0.05) is 24.7 Å². The first-order valence-corrected chi connectivity index (χ1v) is 13.8. The molecule has 3 unspecified atom stereocenters. The number of aromatic nitrogens is 2. The number of benzene rings is 1. The van der Waals surface area contributed by atoms with Crippen molar-refractivity contribution >= 4 is 11.8 Å². The molecule has 0 amide bonds. The van der Waals surface area contributed by atoms with Crippen LogP contribution in [0.5, 0.6) is 5.75 Å². The van der Waals surface area contributed by atoms with Gasteiger partial charge in [0.1, 0.15) is 23.2 Å². The van der Waals surface area contributed by atoms with Gasteiger partial charge in [-0.2, -0.15) is 10.2 Å². The monoisotopic (exact) mass is 560 g/mol. The highest BCUT2D eigenvalue weighted by Crippen LogP contribution is 2.60. The zero-order chi connectivity index (χ0) is 28.3. The van der Waals surface area contributed by atoms with Gasteiger partial charge in [-0.15, -0.1) is 13.2 Å². The van der Waals surface area contributed by atoms with E-state index in [2.05, 4.69) is 36.7 Å². The molecule has 4 saturated carbocycles. The van der Waals surface area contributed by atoms with Gasteiger partial charge in [0.05, 0.1) is 18.9 Å². The molecular formula is C28H35F3N6O3. The summed E-state index contributed by atoms with van der Waals surface area (Å²) in [5, 5.41) is 38.4. The Kier molecular flexibility index (Phi) is 8.35. The quantitative estimate of drug-likeness (QED) is 0.263. The van der Waals surface area contributed by atoms with E-state index >= 15 is 0 Å². The Morgan fingerprint density at radius 2 is 1.90 bits per heavy atom. The molecule has 40 heavy (non-hydrogen) atoms. The predicted molar refractivity (Wildman–Crippen MR) is 141 cm³/mol. The molecule has 4 fully saturated rings. The van der Waals surface area contributed by atoms with E-state index < -0.39 is 12.5 Å². The highest BCUT2D eigenvalue weighted by Gasteiger charge is 2.55. The summed E-state index contributed by atoms with van der Waals surface area (Å²) in [7, 11) is 0. The number of nitriles is 1. The molecule has 6 rings (SSSR count). The summed E-state index contributed by atoms with van der Waals surface area (Å²) < 4.78 is 42.4. The van der Waals surface area contributed by atoms with Crippen LogP contribution in [0.1, 0.15) is 49.7 Å². The average Bonchev–Trinajstić information content (AvgIpc) is 2.91. The number of aliphatic hydroxyl groups is 2. The van der Waals surface area contributed by atoms with Crippen LogP contribution in [0.25, 0.3) is 0 Å². The summed E-state index contributed by atoms with van der Waals surface area (Å²) >= 11 is 0. The number of para-hydroxylation sites is 1. The second-order valence-corrected chi connectivity index (χ2v) is 11.5. The summed E-state index contributed by atoms with van der Waals surface area (Å²) in [5.74, 6) is 2.09. The van der Waals surface area contributed by atoms with Gasteiger partial charge in [-0.05, 0) is 74.3 Å². The molecule has 6 atom stereocenters. The van der Waals surface area contributed by atoms with E-state index in [1.807, 2.05) is 0 Å². The van der Waals surface area contributed by atoms with Crippen molar-refractivity contribution in [3.63, 3.8) is 0 Å². The van der Waals surface area contributed by atoms with Crippen molar-refractivity contribution in [3.8, 4) is 11.8 Å². The molecule has 0 saturated heterocycles. The van der Waals surface area contributed by atoms with Gasteiger partial charge in [-0.3, -0.25) is 0 Å². The van der Waals surface area contributed by atoms with Crippen LogP contribution in [0.4, 0.5) is 24.9 Å². The van der Waals surface area contributed by atoms with E-state index in [4.69, 9.17) is 5.11 Å². The molecule has 1 aromatic carbocycles. The number of hydrogen-bond donors (Lipinski definition) is 5. The Hall–Kier alpha value is -3.14. The maximum atomic E-state index is 12.8. The topological polar surface area (TPSA) is 135 Å². The minimum absolute atomic E-state index is 0.0102. The van der Waals surface area contributed by atoms with E-state index in [9.17, 15) is 23.5 Å². The fraction of sp³-hybridized carbons (Fsp3) is 0.607. The van der Waals surface area contributed by atoms with Crippen molar-refractivity contribution in [2.24, 2.45) is 23.2 Å². The van der Waals surface area contributed by atoms with Gasteiger partial charge in [-0.1, -0.05) is 18.2 Å². The lowest BCUT2D eigenvalue weighted by Gasteiger charge is -2.60. The molecule has 5 N–H and O–H groups in total. The summed E-state index contributed by atoms with van der Waals surface area (Å²) in [6, 6.07) is 8.42. The van der Waals surface area contributed by atoms with Crippen LogP contribution in [0, 0.1) is 34.5 Å². The zero-order valence-corrected chi connectivity index (χ0v) is 22.1. The minimum Gasteiger partial charge on any atom is -0.405 e. The van der Waals surface area contributed by atoms with Crippen LogP contribution in [-0.4, -0.2) is 58.4 Å². The molecule has 4 aliphatic carbocycles. The SMILES string of the molecule is N#Cc1cnc(NCc2ccccc2OC(F)(F)F)nc1NCC12CC3C[C@H](C1)C(NCC[C@H](O)CO)[C@@H](C3)C2. The molecular weight excluding hydrogens is 525 g/mol. The molecule has 216 valence electrons. The number of alkyl halides is 3. The zero-order valence-electron chi connectivity index (χ0n) is 22.1. The van der Waals surface area contributed by atoms with Crippen LogP contribution in [-0.2, 0) is 6.54 Å². The molecule has 2 aromatic rings. The molecule has 0 aliphatic heterocycles. The number of halogens is 3. The summed E-state index contributed by atoms with van der Waals surface area (Å²) in [6.45, 7) is 1.15. The van der Waals surface area contributed by atoms with Crippen LogP contribution in [0.2, 0.25) is 0 Å². The fourth-order valence-corrected chi connectivity index (χ4v) is 7.25. The Balaban J connectivity index is 1.22. The van der Waals surface area contributed by atoms with Gasteiger partial charge in [0.2, 0.25) is 5.95 Å². The third-order valence-corrected chi connectivity index (χ3v) is 8.64. The van der Waals surface area contributed by atoms with E-state index in [0.29, 0.717) is 60.3 Å². The predicted octanol–water partition coefficient (Wildman–Crippen LogP) is 3.80. The lowest BCUT2D eigenvalue weighted by atomic mass is 9.48. The molecule has 1 heterocycles. The standard InChI is InChI=1S/C28H35F3N6O3/c29-28(30,31)40-23-4-2-1-3-18(23)13-34-26-35-14-21(12-32)25(37-26)36-16-27-9-17-7-19(10-27)24(20(8-17)11-27)33-6-5-22(39)15-38/h1-4,14,17,19-20,22,24,33,38-39H,5-11,13,15-16H2,(H2,34,35,36,37)/t17?,19-,20+,22-,24?,27?/m0/s1. The third-order valence-electron chi connectivity index (χ3n) is 8.64. The lowest BCUT2D eigenvalue weighted by Crippen LogP contribution is -2.59. The largest absolute Gasteiger partial charge is 0.573 e. The number of ether oxygens (including phenoxy) is 1. The summed E-state index contributed by atoms with van der Waals surface area (Å²) in [6.07, 6.45) is 2.13. The van der Waals surface area contributed by atoms with Crippen molar-refractivity contribution < 1.29 is 28.1 Å². The Morgan fingerprint density at radius 1 is 1.15 bits per heavy atom. The van der Waals surface area contributed by atoms with Gasteiger partial charge in [0.25, 0.3) is 0 Å². The van der Waals surface area contributed by atoms with E-state index in [1.54, 1.807) is 6.07 Å². The Bertz CT molecular complexity index is 1210. The molecule has 4 aliphatic rings. The number of aliphatic hydroxyl groups excluding tert-OH is 2. The molecule has 9 nitrogen and oxygen atoms in total. The van der Waals surface area contributed by atoms with Crippen molar-refractivity contribution in [2.45, 2.75) is 63.6 Å². The molecule has 12 heteroatoms. The second kappa shape index (κ2) is 11.8. The Morgan fingerprint density at radius 3 is 2.60 bits per heavy atom. The second-order valence-electron chi connectivity index (χ2n) is 11.5. The summed E-state index contributed by atoms with van der Waals surface area (Å²) in [5.41, 5.74) is 0.710. The van der Waals surface area contributed by atoms with Crippen LogP contribution < -0.4 is 20.7 Å². The van der Waals surface area contributed by atoms with Crippen LogP contribution in [0.3, 0.4) is 0 Å². The normalized spacial score (nSPS) is 27.7. The average molecular weight is 561 g/mol. The molecule has 0 radical (unpaired) electrons. The van der Waals surface area contributed by atoms with Crippen molar-refractivity contribution in [2.75, 3.05) is 30.3 Å². The van der Waals surface area contributed by atoms with E-state index in [-0.39, 0.29) is 30.3 Å². The molecule has 1 aromatic heterocycles. The van der Waals surface area contributed by atoms with Gasteiger partial charge >= 0.3 is 6.36 Å². The maximum absolute atomic E-state index is 12.8. The lowest BCUT2D eigenvalue weighted by molar-refractivity contribution is -0.274.